The maximum absolute atomic E-state index is 12.7. The molecule has 1 aliphatic rings. The highest BCUT2D eigenvalue weighted by atomic mass is 32.1. The second-order valence-electron chi connectivity index (χ2n) is 5.09. The van der Waals surface area contributed by atoms with Crippen molar-refractivity contribution in [1.82, 2.24) is 5.32 Å². The number of benzene rings is 1. The normalized spacial score (nSPS) is 16.0. The van der Waals surface area contributed by atoms with E-state index in [0.29, 0.717) is 11.4 Å². The van der Waals surface area contributed by atoms with Gasteiger partial charge in [-0.1, -0.05) is 0 Å². The molecule has 1 saturated heterocycles. The van der Waals surface area contributed by atoms with Gasteiger partial charge in [0.1, 0.15) is 22.0 Å². The van der Waals surface area contributed by atoms with Crippen LogP contribution in [-0.2, 0) is 9.59 Å². The van der Waals surface area contributed by atoms with Gasteiger partial charge in [-0.15, -0.1) is 0 Å². The van der Waals surface area contributed by atoms with E-state index in [9.17, 15) is 19.7 Å². The molecule has 2 aromatic rings. The van der Waals surface area contributed by atoms with Crippen LogP contribution in [0.1, 0.15) is 5.76 Å². The number of rotatable bonds is 4. The first-order valence-electron chi connectivity index (χ1n) is 7.20. The molecule has 132 valence electrons. The Morgan fingerprint density at radius 2 is 1.92 bits per heavy atom. The summed E-state index contributed by atoms with van der Waals surface area (Å²) in [4.78, 5) is 36.0. The first-order valence-corrected chi connectivity index (χ1v) is 7.61. The van der Waals surface area contributed by atoms with E-state index in [0.717, 1.165) is 17.0 Å². The van der Waals surface area contributed by atoms with E-state index in [1.54, 1.807) is 24.3 Å². The third-order valence-electron chi connectivity index (χ3n) is 3.51. The van der Waals surface area contributed by atoms with Gasteiger partial charge in [0.15, 0.2) is 5.11 Å². The van der Waals surface area contributed by atoms with Crippen molar-refractivity contribution in [3.63, 3.8) is 0 Å². The molecule has 0 bridgehead atoms. The molecule has 2 amide bonds. The van der Waals surface area contributed by atoms with Crippen LogP contribution in [0.2, 0.25) is 0 Å². The van der Waals surface area contributed by atoms with Crippen molar-refractivity contribution in [1.29, 1.82) is 0 Å². The van der Waals surface area contributed by atoms with E-state index in [2.05, 4.69) is 5.32 Å². The minimum Gasteiger partial charge on any atom is -0.497 e. The van der Waals surface area contributed by atoms with Crippen LogP contribution in [-0.4, -0.2) is 29.0 Å². The van der Waals surface area contributed by atoms with Crippen LogP contribution >= 0.6 is 12.2 Å². The van der Waals surface area contributed by atoms with E-state index in [1.807, 2.05) is 0 Å². The number of anilines is 1. The molecule has 0 atom stereocenters. The smallest absolute Gasteiger partial charge is 0.433 e. The van der Waals surface area contributed by atoms with Gasteiger partial charge < -0.3 is 9.15 Å². The van der Waals surface area contributed by atoms with Crippen LogP contribution in [0.3, 0.4) is 0 Å². The van der Waals surface area contributed by atoms with Gasteiger partial charge in [0.2, 0.25) is 0 Å². The Balaban J connectivity index is 1.96. The Kier molecular flexibility index (Phi) is 4.50. The minimum atomic E-state index is -0.719. The van der Waals surface area contributed by atoms with Gasteiger partial charge in [-0.2, -0.15) is 0 Å². The number of amides is 2. The molecule has 0 aliphatic carbocycles. The first kappa shape index (κ1) is 17.3. The number of carbonyl (C=O) groups is 2. The molecule has 0 spiro atoms. The molecule has 0 saturated carbocycles. The van der Waals surface area contributed by atoms with Crippen molar-refractivity contribution < 1.29 is 23.7 Å². The van der Waals surface area contributed by atoms with Crippen LogP contribution in [0.5, 0.6) is 5.75 Å². The van der Waals surface area contributed by atoms with Crippen LogP contribution in [0.4, 0.5) is 11.6 Å². The zero-order valence-electron chi connectivity index (χ0n) is 13.3. The number of thiocarbonyl (C=S) groups is 1. The molecule has 1 fully saturated rings. The SMILES string of the molecule is COc1ccc(N2C(=O)C(=Cc3ccc([N+](=O)[O-])o3)C(=O)NC2=S)cc1. The summed E-state index contributed by atoms with van der Waals surface area (Å²) in [6, 6.07) is 8.91. The van der Waals surface area contributed by atoms with E-state index < -0.39 is 22.6 Å². The molecule has 1 aromatic carbocycles. The van der Waals surface area contributed by atoms with Gasteiger partial charge >= 0.3 is 5.88 Å². The Morgan fingerprint density at radius 3 is 2.50 bits per heavy atom. The number of hydrogen-bond acceptors (Lipinski definition) is 7. The lowest BCUT2D eigenvalue weighted by molar-refractivity contribution is -0.402. The molecule has 0 radical (unpaired) electrons. The van der Waals surface area contributed by atoms with Crippen LogP contribution < -0.4 is 15.0 Å². The molecular weight excluding hydrogens is 362 g/mol. The predicted molar refractivity (Wildman–Crippen MR) is 94.6 cm³/mol. The minimum absolute atomic E-state index is 0.00213. The molecule has 1 aliphatic heterocycles. The average Bonchev–Trinajstić information content (AvgIpc) is 3.08. The van der Waals surface area contributed by atoms with E-state index in [1.165, 1.54) is 13.2 Å². The number of nitrogens with zero attached hydrogens (tertiary/aromatic N) is 2. The summed E-state index contributed by atoms with van der Waals surface area (Å²) in [5.74, 6) is -1.31. The predicted octanol–water partition coefficient (Wildman–Crippen LogP) is 2.03. The lowest BCUT2D eigenvalue weighted by Crippen LogP contribution is -2.54. The first-order chi connectivity index (χ1) is 12.4. The van der Waals surface area contributed by atoms with Crippen molar-refractivity contribution >= 4 is 46.8 Å². The maximum Gasteiger partial charge on any atom is 0.433 e. The standard InChI is InChI=1S/C16H11N3O6S/c1-24-10-4-2-9(3-5-10)18-15(21)12(14(20)17-16(18)26)8-11-6-7-13(25-11)19(22)23/h2-8H,1H3,(H,17,20,26). The lowest BCUT2D eigenvalue weighted by atomic mass is 10.1. The molecule has 9 nitrogen and oxygen atoms in total. The molecular formula is C16H11N3O6S. The highest BCUT2D eigenvalue weighted by Crippen LogP contribution is 2.25. The molecule has 1 aromatic heterocycles. The van der Waals surface area contributed by atoms with E-state index in [4.69, 9.17) is 21.4 Å². The fourth-order valence-electron chi connectivity index (χ4n) is 2.28. The summed E-state index contributed by atoms with van der Waals surface area (Å²) in [5, 5.41) is 13.0. The number of nitrogens with one attached hydrogen (secondary N) is 1. The quantitative estimate of drug-likeness (QED) is 0.287. The van der Waals surface area contributed by atoms with Gasteiger partial charge in [-0.3, -0.25) is 29.9 Å². The second kappa shape index (κ2) is 6.76. The summed E-state index contributed by atoms with van der Waals surface area (Å²) in [5.41, 5.74) is 0.163. The van der Waals surface area contributed by atoms with Gasteiger partial charge in [-0.05, 0) is 48.6 Å². The summed E-state index contributed by atoms with van der Waals surface area (Å²) >= 11 is 5.08. The third kappa shape index (κ3) is 3.17. The fraction of sp³-hybridized carbons (Fsp3) is 0.0625. The fourth-order valence-corrected chi connectivity index (χ4v) is 2.56. The number of hydrogen-bond donors (Lipinski definition) is 1. The number of nitro groups is 1. The van der Waals surface area contributed by atoms with Crippen LogP contribution in [0, 0.1) is 10.1 Å². The zero-order valence-corrected chi connectivity index (χ0v) is 14.1. The number of carbonyl (C=O) groups excluding carboxylic acids is 2. The highest BCUT2D eigenvalue weighted by Gasteiger charge is 2.34. The van der Waals surface area contributed by atoms with Crippen molar-refractivity contribution in [2.24, 2.45) is 0 Å². The van der Waals surface area contributed by atoms with Crippen LogP contribution in [0.15, 0.2) is 46.4 Å². The zero-order chi connectivity index (χ0) is 18.8. The maximum atomic E-state index is 12.7. The second-order valence-corrected chi connectivity index (χ2v) is 5.48. The molecule has 3 rings (SSSR count). The van der Waals surface area contributed by atoms with Gasteiger partial charge in [0.25, 0.3) is 11.8 Å². The van der Waals surface area contributed by atoms with Crippen molar-refractivity contribution in [3.8, 4) is 5.75 Å². The van der Waals surface area contributed by atoms with Crippen LogP contribution in [0.25, 0.3) is 6.08 Å². The summed E-state index contributed by atoms with van der Waals surface area (Å²) in [6.07, 6.45) is 1.13. The molecule has 2 heterocycles. The molecule has 1 N–H and O–H groups in total. The number of methoxy groups -OCH3 is 1. The van der Waals surface area contributed by atoms with Gasteiger partial charge in [0, 0.05) is 0 Å². The third-order valence-corrected chi connectivity index (χ3v) is 3.80. The van der Waals surface area contributed by atoms with Crippen molar-refractivity contribution in [2.75, 3.05) is 12.0 Å². The van der Waals surface area contributed by atoms with Gasteiger partial charge in [0.05, 0.1) is 18.9 Å². The summed E-state index contributed by atoms with van der Waals surface area (Å²) < 4.78 is 10.0. The Hall–Kier alpha value is -3.53. The highest BCUT2D eigenvalue weighted by molar-refractivity contribution is 7.80. The molecule has 0 unspecified atom stereocenters. The molecule has 26 heavy (non-hydrogen) atoms. The monoisotopic (exact) mass is 373 g/mol. The van der Waals surface area contributed by atoms with Crippen molar-refractivity contribution in [3.05, 3.63) is 57.8 Å². The largest absolute Gasteiger partial charge is 0.497 e. The topological polar surface area (TPSA) is 115 Å². The summed E-state index contributed by atoms with van der Waals surface area (Å²) in [7, 11) is 1.51. The van der Waals surface area contributed by atoms with Gasteiger partial charge in [-0.25, -0.2) is 0 Å². The summed E-state index contributed by atoms with van der Waals surface area (Å²) in [6.45, 7) is 0. The number of furan rings is 1. The molecule has 10 heteroatoms. The Bertz CT molecular complexity index is 947. The Morgan fingerprint density at radius 1 is 1.23 bits per heavy atom. The van der Waals surface area contributed by atoms with E-state index in [-0.39, 0.29) is 16.4 Å². The number of ether oxygens (including phenoxy) is 1. The Labute approximate surface area is 152 Å². The average molecular weight is 373 g/mol. The van der Waals surface area contributed by atoms with E-state index >= 15 is 0 Å². The lowest BCUT2D eigenvalue weighted by Gasteiger charge is -2.28. The van der Waals surface area contributed by atoms with Crippen molar-refractivity contribution in [2.45, 2.75) is 0 Å².